The second-order valence-corrected chi connectivity index (χ2v) is 4.85. The maximum Gasteiger partial charge on any atom is 0.246 e. The maximum atomic E-state index is 11.6. The second-order valence-electron chi connectivity index (χ2n) is 4.85. The number of methoxy groups -OCH3 is 1. The summed E-state index contributed by atoms with van der Waals surface area (Å²) in [5.41, 5.74) is 1.04. The lowest BCUT2D eigenvalue weighted by Crippen LogP contribution is -2.31. The molecule has 5 heteroatoms. The monoisotopic (exact) mass is 315 g/mol. The molecule has 2 aromatic carbocycles. The molecule has 2 aromatic rings. The van der Waals surface area contributed by atoms with Gasteiger partial charge in [-0.1, -0.05) is 30.3 Å². The predicted octanol–water partition coefficient (Wildman–Crippen LogP) is 2.41. The summed E-state index contributed by atoms with van der Waals surface area (Å²) in [6.07, 6.45) is 0. The van der Waals surface area contributed by atoms with E-state index in [0.29, 0.717) is 19.8 Å². The molecule has 0 aliphatic rings. The molecule has 122 valence electrons. The zero-order valence-corrected chi connectivity index (χ0v) is 13.2. The number of amides is 1. The van der Waals surface area contributed by atoms with Crippen LogP contribution >= 0.6 is 0 Å². The summed E-state index contributed by atoms with van der Waals surface area (Å²) in [7, 11) is 1.62. The number of ether oxygens (including phenoxy) is 3. The third-order valence-corrected chi connectivity index (χ3v) is 3.10. The summed E-state index contributed by atoms with van der Waals surface area (Å²) in [5.74, 6) is 1.36. The summed E-state index contributed by atoms with van der Waals surface area (Å²) in [4.78, 5) is 11.6. The van der Waals surface area contributed by atoms with Gasteiger partial charge in [0.15, 0.2) is 0 Å². The van der Waals surface area contributed by atoms with Crippen molar-refractivity contribution in [2.24, 2.45) is 0 Å². The summed E-state index contributed by atoms with van der Waals surface area (Å²) in [5, 5.41) is 2.75. The van der Waals surface area contributed by atoms with Crippen molar-refractivity contribution in [2.75, 3.05) is 26.9 Å². The van der Waals surface area contributed by atoms with Gasteiger partial charge in [0, 0.05) is 0 Å². The highest BCUT2D eigenvalue weighted by atomic mass is 16.5. The number of carbonyl (C=O) groups excluding carboxylic acids is 1. The lowest BCUT2D eigenvalue weighted by Gasteiger charge is -2.09. The van der Waals surface area contributed by atoms with Crippen LogP contribution in [-0.2, 0) is 16.1 Å². The van der Waals surface area contributed by atoms with Crippen molar-refractivity contribution in [3.8, 4) is 11.5 Å². The lowest BCUT2D eigenvalue weighted by molar-refractivity contribution is -0.126. The van der Waals surface area contributed by atoms with Crippen LogP contribution in [0.5, 0.6) is 11.5 Å². The fraction of sp³-hybridized carbons (Fsp3) is 0.278. The van der Waals surface area contributed by atoms with Crippen LogP contribution in [0, 0.1) is 0 Å². The molecule has 0 aromatic heterocycles. The Labute approximate surface area is 136 Å². The van der Waals surface area contributed by atoms with Crippen molar-refractivity contribution >= 4 is 5.91 Å². The quantitative estimate of drug-likeness (QED) is 0.722. The molecule has 0 bridgehead atoms. The first-order chi connectivity index (χ1) is 11.3. The van der Waals surface area contributed by atoms with Crippen molar-refractivity contribution in [3.05, 3.63) is 60.2 Å². The minimum atomic E-state index is -0.153. The molecule has 0 fully saturated rings. The van der Waals surface area contributed by atoms with Crippen LogP contribution in [-0.4, -0.2) is 32.8 Å². The molecule has 0 heterocycles. The molecule has 0 saturated heterocycles. The highest BCUT2D eigenvalue weighted by Crippen LogP contribution is 2.16. The Bertz CT molecular complexity index is 584. The Hall–Kier alpha value is -2.53. The van der Waals surface area contributed by atoms with E-state index in [1.165, 1.54) is 0 Å². The van der Waals surface area contributed by atoms with E-state index in [-0.39, 0.29) is 12.5 Å². The SMILES string of the molecule is COc1ccc(OCCNC(=O)COCc2ccccc2)cc1. The molecule has 1 N–H and O–H groups in total. The van der Waals surface area contributed by atoms with Crippen LogP contribution in [0.25, 0.3) is 0 Å². The van der Waals surface area contributed by atoms with E-state index < -0.39 is 0 Å². The number of hydrogen-bond donors (Lipinski definition) is 1. The second kappa shape index (κ2) is 9.48. The Balaban J connectivity index is 1.55. The van der Waals surface area contributed by atoms with Gasteiger partial charge in [0.1, 0.15) is 24.7 Å². The van der Waals surface area contributed by atoms with Gasteiger partial charge in [0.05, 0.1) is 20.3 Å². The minimum Gasteiger partial charge on any atom is -0.497 e. The van der Waals surface area contributed by atoms with Crippen LogP contribution in [0.1, 0.15) is 5.56 Å². The molecule has 0 atom stereocenters. The molecule has 1 amide bonds. The molecule has 0 aliphatic carbocycles. The number of carbonyl (C=O) groups is 1. The summed E-state index contributed by atoms with van der Waals surface area (Å²) < 4.78 is 15.9. The molecular formula is C18H21NO4. The normalized spacial score (nSPS) is 10.1. The van der Waals surface area contributed by atoms with Crippen LogP contribution in [0.15, 0.2) is 54.6 Å². The van der Waals surface area contributed by atoms with Crippen LogP contribution in [0.4, 0.5) is 0 Å². The molecule has 2 rings (SSSR count). The topological polar surface area (TPSA) is 56.8 Å². The molecule has 0 radical (unpaired) electrons. The average Bonchev–Trinajstić information content (AvgIpc) is 2.60. The average molecular weight is 315 g/mol. The molecule has 0 unspecified atom stereocenters. The van der Waals surface area contributed by atoms with Gasteiger partial charge >= 0.3 is 0 Å². The van der Waals surface area contributed by atoms with E-state index in [2.05, 4.69) is 5.32 Å². The highest BCUT2D eigenvalue weighted by Gasteiger charge is 2.01. The van der Waals surface area contributed by atoms with E-state index in [1.54, 1.807) is 7.11 Å². The number of benzene rings is 2. The number of rotatable bonds is 9. The van der Waals surface area contributed by atoms with Crippen LogP contribution < -0.4 is 14.8 Å². The Morgan fingerprint density at radius 1 is 1.00 bits per heavy atom. The van der Waals surface area contributed by atoms with Crippen molar-refractivity contribution in [1.82, 2.24) is 5.32 Å². The van der Waals surface area contributed by atoms with E-state index in [9.17, 15) is 4.79 Å². The Morgan fingerprint density at radius 2 is 1.70 bits per heavy atom. The van der Waals surface area contributed by atoms with E-state index >= 15 is 0 Å². The van der Waals surface area contributed by atoms with Gasteiger partial charge in [0.2, 0.25) is 5.91 Å². The lowest BCUT2D eigenvalue weighted by atomic mass is 10.2. The first-order valence-corrected chi connectivity index (χ1v) is 7.43. The van der Waals surface area contributed by atoms with Crippen molar-refractivity contribution in [1.29, 1.82) is 0 Å². The molecule has 0 aliphatic heterocycles. The van der Waals surface area contributed by atoms with Gasteiger partial charge in [-0.25, -0.2) is 0 Å². The summed E-state index contributed by atoms with van der Waals surface area (Å²) in [6.45, 7) is 1.30. The van der Waals surface area contributed by atoms with Gasteiger partial charge in [-0.05, 0) is 29.8 Å². The summed E-state index contributed by atoms with van der Waals surface area (Å²) in [6, 6.07) is 17.0. The van der Waals surface area contributed by atoms with Gasteiger partial charge in [-0.15, -0.1) is 0 Å². The highest BCUT2D eigenvalue weighted by molar-refractivity contribution is 5.77. The molecular weight excluding hydrogens is 294 g/mol. The van der Waals surface area contributed by atoms with Gasteiger partial charge in [0.25, 0.3) is 0 Å². The third kappa shape index (κ3) is 6.40. The zero-order valence-electron chi connectivity index (χ0n) is 13.2. The fourth-order valence-corrected chi connectivity index (χ4v) is 1.92. The van der Waals surface area contributed by atoms with E-state index in [4.69, 9.17) is 14.2 Å². The smallest absolute Gasteiger partial charge is 0.246 e. The number of hydrogen-bond acceptors (Lipinski definition) is 4. The maximum absolute atomic E-state index is 11.6. The van der Waals surface area contributed by atoms with Crippen molar-refractivity contribution in [3.63, 3.8) is 0 Å². The molecule has 5 nitrogen and oxygen atoms in total. The van der Waals surface area contributed by atoms with E-state index in [1.807, 2.05) is 54.6 Å². The molecule has 0 spiro atoms. The standard InChI is InChI=1S/C18H21NO4/c1-21-16-7-9-17(10-8-16)23-12-11-19-18(20)14-22-13-15-5-3-2-4-6-15/h2-10H,11-14H2,1H3,(H,19,20). The van der Waals surface area contributed by atoms with Crippen molar-refractivity contribution in [2.45, 2.75) is 6.61 Å². The Morgan fingerprint density at radius 3 is 2.39 bits per heavy atom. The number of nitrogens with one attached hydrogen (secondary N) is 1. The van der Waals surface area contributed by atoms with Crippen LogP contribution in [0.2, 0.25) is 0 Å². The van der Waals surface area contributed by atoms with Gasteiger partial charge in [-0.3, -0.25) is 4.79 Å². The molecule has 0 saturated carbocycles. The zero-order chi connectivity index (χ0) is 16.3. The van der Waals surface area contributed by atoms with Crippen LogP contribution in [0.3, 0.4) is 0 Å². The minimum absolute atomic E-state index is 0.0391. The van der Waals surface area contributed by atoms with Gasteiger partial charge < -0.3 is 19.5 Å². The molecule has 23 heavy (non-hydrogen) atoms. The first-order valence-electron chi connectivity index (χ1n) is 7.43. The third-order valence-electron chi connectivity index (χ3n) is 3.10. The largest absolute Gasteiger partial charge is 0.497 e. The van der Waals surface area contributed by atoms with E-state index in [0.717, 1.165) is 17.1 Å². The first kappa shape index (κ1) is 16.8. The Kier molecular flexibility index (Phi) is 6.94. The fourth-order valence-electron chi connectivity index (χ4n) is 1.92. The summed E-state index contributed by atoms with van der Waals surface area (Å²) >= 11 is 0. The van der Waals surface area contributed by atoms with Gasteiger partial charge in [-0.2, -0.15) is 0 Å². The predicted molar refractivity (Wildman–Crippen MR) is 87.6 cm³/mol. The van der Waals surface area contributed by atoms with Crippen molar-refractivity contribution < 1.29 is 19.0 Å².